The van der Waals surface area contributed by atoms with Crippen LogP contribution in [0.3, 0.4) is 0 Å². The molecule has 4 amide bonds. The third-order valence-electron chi connectivity index (χ3n) is 5.12. The second-order valence-electron chi connectivity index (χ2n) is 7.61. The maximum atomic E-state index is 13.3. The Morgan fingerprint density at radius 1 is 1.00 bits per heavy atom. The normalized spacial score (nSPS) is 14.7. The maximum Gasteiger partial charge on any atom is 0.335 e. The van der Waals surface area contributed by atoms with Gasteiger partial charge in [0.05, 0.1) is 16.8 Å². The molecule has 1 N–H and O–H groups in total. The molecule has 1 heterocycles. The van der Waals surface area contributed by atoms with Crippen LogP contribution in [0.25, 0.3) is 6.08 Å². The number of imide groups is 2. The fourth-order valence-electron chi connectivity index (χ4n) is 3.53. The fourth-order valence-corrected chi connectivity index (χ4v) is 5.11. The summed E-state index contributed by atoms with van der Waals surface area (Å²) in [6.07, 6.45) is 1.40. The predicted molar refractivity (Wildman–Crippen MR) is 144 cm³/mol. The van der Waals surface area contributed by atoms with E-state index in [1.165, 1.54) is 6.08 Å². The van der Waals surface area contributed by atoms with E-state index in [9.17, 15) is 14.4 Å². The second kappa shape index (κ2) is 11.3. The van der Waals surface area contributed by atoms with Gasteiger partial charge in [-0.2, -0.15) is 0 Å². The third-order valence-corrected chi connectivity index (χ3v) is 6.40. The summed E-state index contributed by atoms with van der Waals surface area (Å²) >= 11 is 13.0. The zero-order valence-corrected chi connectivity index (χ0v) is 22.8. The lowest BCUT2D eigenvalue weighted by Crippen LogP contribution is -2.54. The van der Waals surface area contributed by atoms with Gasteiger partial charge in [-0.25, -0.2) is 9.69 Å². The van der Waals surface area contributed by atoms with Gasteiger partial charge < -0.3 is 9.47 Å². The van der Waals surface area contributed by atoms with Crippen LogP contribution in [-0.2, 0) is 16.2 Å². The summed E-state index contributed by atoms with van der Waals surface area (Å²) in [5.74, 6) is -0.553. The van der Waals surface area contributed by atoms with Crippen LogP contribution >= 0.6 is 43.5 Å². The molecule has 0 saturated carbocycles. The molecule has 0 radical (unpaired) electrons. The van der Waals surface area contributed by atoms with Gasteiger partial charge in [0.2, 0.25) is 0 Å². The van der Waals surface area contributed by atoms with Crippen molar-refractivity contribution in [1.29, 1.82) is 0 Å². The molecule has 1 saturated heterocycles. The van der Waals surface area contributed by atoms with Crippen LogP contribution in [0.4, 0.5) is 10.5 Å². The first-order valence-electron chi connectivity index (χ1n) is 10.8. The van der Waals surface area contributed by atoms with E-state index in [4.69, 9.17) is 21.1 Å². The fraction of sp³-hybridized carbons (Fsp3) is 0.115. The molecule has 1 aliphatic rings. The smallest absolute Gasteiger partial charge is 0.335 e. The Hall–Kier alpha value is -3.14. The van der Waals surface area contributed by atoms with Gasteiger partial charge in [-0.1, -0.05) is 39.7 Å². The molecule has 0 bridgehead atoms. The molecule has 0 unspecified atom stereocenters. The van der Waals surface area contributed by atoms with Gasteiger partial charge in [0, 0.05) is 15.1 Å². The number of barbiturate groups is 1. The van der Waals surface area contributed by atoms with Gasteiger partial charge in [-0.3, -0.25) is 14.9 Å². The first kappa shape index (κ1) is 25.9. The SMILES string of the molecule is CCOc1ccc(N2C(=O)NC(=O)/C(=C\c3cc(Br)cc(Br)c3OCc3cccc(Cl)c3)C2=O)cc1. The number of anilines is 1. The first-order valence-corrected chi connectivity index (χ1v) is 12.7. The monoisotopic (exact) mass is 632 g/mol. The second-order valence-corrected chi connectivity index (χ2v) is 9.82. The van der Waals surface area contributed by atoms with Crippen molar-refractivity contribution >= 4 is 73.1 Å². The summed E-state index contributed by atoms with van der Waals surface area (Å²) in [6.45, 7) is 2.53. The highest BCUT2D eigenvalue weighted by Crippen LogP contribution is 2.36. The van der Waals surface area contributed by atoms with Gasteiger partial charge in [-0.05, 0) is 83.0 Å². The number of hydrogen-bond donors (Lipinski definition) is 1. The zero-order valence-electron chi connectivity index (χ0n) is 18.9. The number of urea groups is 1. The minimum atomic E-state index is -0.834. The summed E-state index contributed by atoms with van der Waals surface area (Å²) in [6, 6.07) is 16.3. The molecule has 0 spiro atoms. The molecule has 0 aromatic heterocycles. The predicted octanol–water partition coefficient (Wildman–Crippen LogP) is 6.51. The lowest BCUT2D eigenvalue weighted by molar-refractivity contribution is -0.122. The van der Waals surface area contributed by atoms with Crippen LogP contribution in [0.2, 0.25) is 5.02 Å². The van der Waals surface area contributed by atoms with Gasteiger partial charge in [0.25, 0.3) is 11.8 Å². The molecule has 0 aliphatic carbocycles. The zero-order chi connectivity index (χ0) is 25.8. The van der Waals surface area contributed by atoms with Crippen LogP contribution in [0.1, 0.15) is 18.1 Å². The van der Waals surface area contributed by atoms with Crippen LogP contribution in [-0.4, -0.2) is 24.5 Å². The van der Waals surface area contributed by atoms with E-state index in [1.54, 1.807) is 48.5 Å². The lowest BCUT2D eigenvalue weighted by atomic mass is 10.1. The Bertz CT molecular complexity index is 1380. The molecule has 184 valence electrons. The lowest BCUT2D eigenvalue weighted by Gasteiger charge is -2.26. The number of halogens is 3. The van der Waals surface area contributed by atoms with E-state index in [2.05, 4.69) is 37.2 Å². The number of hydrogen-bond acceptors (Lipinski definition) is 5. The van der Waals surface area contributed by atoms with E-state index in [0.717, 1.165) is 10.5 Å². The van der Waals surface area contributed by atoms with E-state index >= 15 is 0 Å². The van der Waals surface area contributed by atoms with Crippen molar-refractivity contribution in [3.63, 3.8) is 0 Å². The largest absolute Gasteiger partial charge is 0.494 e. The first-order chi connectivity index (χ1) is 17.3. The van der Waals surface area contributed by atoms with Crippen LogP contribution in [0.15, 0.2) is 75.2 Å². The molecule has 4 rings (SSSR count). The Morgan fingerprint density at radius 3 is 2.44 bits per heavy atom. The van der Waals surface area contributed by atoms with Gasteiger partial charge >= 0.3 is 6.03 Å². The van der Waals surface area contributed by atoms with E-state index in [0.29, 0.717) is 43.3 Å². The van der Waals surface area contributed by atoms with E-state index < -0.39 is 17.8 Å². The Labute approximate surface area is 229 Å². The molecular formula is C26H19Br2ClN2O5. The molecule has 1 fully saturated rings. The van der Waals surface area contributed by atoms with Gasteiger partial charge in [0.1, 0.15) is 23.7 Å². The Balaban J connectivity index is 1.68. The molecule has 36 heavy (non-hydrogen) atoms. The topological polar surface area (TPSA) is 84.9 Å². The number of nitrogens with one attached hydrogen (secondary N) is 1. The summed E-state index contributed by atoms with van der Waals surface area (Å²) in [4.78, 5) is 39.5. The number of rotatable bonds is 7. The van der Waals surface area contributed by atoms with Crippen molar-refractivity contribution in [2.75, 3.05) is 11.5 Å². The van der Waals surface area contributed by atoms with Gasteiger partial charge in [-0.15, -0.1) is 0 Å². The number of benzene rings is 3. The maximum absolute atomic E-state index is 13.3. The van der Waals surface area contributed by atoms with Crippen LogP contribution < -0.4 is 19.7 Å². The van der Waals surface area contributed by atoms with E-state index in [1.807, 2.05) is 19.1 Å². The van der Waals surface area contributed by atoms with Crippen molar-refractivity contribution in [1.82, 2.24) is 5.32 Å². The van der Waals surface area contributed by atoms with Crippen LogP contribution in [0, 0.1) is 0 Å². The van der Waals surface area contributed by atoms with Gasteiger partial charge in [0.15, 0.2) is 0 Å². The van der Waals surface area contributed by atoms with E-state index in [-0.39, 0.29) is 12.2 Å². The number of amides is 4. The summed E-state index contributed by atoms with van der Waals surface area (Å²) in [5.41, 5.74) is 1.38. The average molecular weight is 635 g/mol. The Kier molecular flexibility index (Phi) is 8.13. The van der Waals surface area contributed by atoms with Crippen molar-refractivity contribution in [2.45, 2.75) is 13.5 Å². The van der Waals surface area contributed by atoms with Crippen molar-refractivity contribution in [3.8, 4) is 11.5 Å². The van der Waals surface area contributed by atoms with Crippen molar-refractivity contribution in [3.05, 3.63) is 91.3 Å². The molecule has 0 atom stereocenters. The number of carbonyl (C=O) groups excluding carboxylic acids is 3. The molecule has 1 aliphatic heterocycles. The molecular weight excluding hydrogens is 616 g/mol. The summed E-state index contributed by atoms with van der Waals surface area (Å²) < 4.78 is 12.8. The summed E-state index contributed by atoms with van der Waals surface area (Å²) in [7, 11) is 0. The number of ether oxygens (including phenoxy) is 2. The third kappa shape index (κ3) is 5.80. The average Bonchev–Trinajstić information content (AvgIpc) is 2.82. The standard InChI is InChI=1S/C26H19Br2ClN2O5/c1-2-35-20-8-6-19(7-9-20)31-25(33)21(24(32)30-26(31)34)12-16-11-17(27)13-22(28)23(16)36-14-15-4-3-5-18(29)10-15/h3-13H,2,14H2,1H3,(H,30,32,34)/b21-12+. The molecule has 3 aromatic carbocycles. The number of nitrogens with zero attached hydrogens (tertiary/aromatic N) is 1. The minimum absolute atomic E-state index is 0.202. The highest BCUT2D eigenvalue weighted by Gasteiger charge is 2.37. The molecule has 3 aromatic rings. The minimum Gasteiger partial charge on any atom is -0.494 e. The Morgan fingerprint density at radius 2 is 1.75 bits per heavy atom. The van der Waals surface area contributed by atoms with Crippen molar-refractivity contribution < 1.29 is 23.9 Å². The van der Waals surface area contributed by atoms with Crippen LogP contribution in [0.5, 0.6) is 11.5 Å². The molecule has 7 nitrogen and oxygen atoms in total. The highest BCUT2D eigenvalue weighted by atomic mass is 79.9. The quantitative estimate of drug-likeness (QED) is 0.237. The highest BCUT2D eigenvalue weighted by molar-refractivity contribution is 9.11. The van der Waals surface area contributed by atoms with Crippen molar-refractivity contribution in [2.24, 2.45) is 0 Å². The summed E-state index contributed by atoms with van der Waals surface area (Å²) in [5, 5.41) is 2.81. The number of carbonyl (C=O) groups is 3. The molecule has 10 heteroatoms.